The molecular formula is C13H18N2O3. The first-order chi connectivity index (χ1) is 8.70. The lowest BCUT2D eigenvalue weighted by atomic mass is 10.1. The number of hydrogen-bond donors (Lipinski definition) is 2. The van der Waals surface area contributed by atoms with Crippen molar-refractivity contribution < 1.29 is 14.3 Å². The SMILES string of the molecule is COc1ccc(N)cc1NC(=O)C1CCCCO1. The number of benzene rings is 1. The summed E-state index contributed by atoms with van der Waals surface area (Å²) in [6.07, 6.45) is 2.43. The normalized spacial score (nSPS) is 19.3. The highest BCUT2D eigenvalue weighted by molar-refractivity contribution is 5.96. The minimum atomic E-state index is -0.370. The lowest BCUT2D eigenvalue weighted by Crippen LogP contribution is -2.33. The summed E-state index contributed by atoms with van der Waals surface area (Å²) in [6.45, 7) is 0.645. The molecule has 0 spiro atoms. The van der Waals surface area contributed by atoms with E-state index < -0.39 is 0 Å². The maximum Gasteiger partial charge on any atom is 0.253 e. The van der Waals surface area contributed by atoms with Crippen molar-refractivity contribution in [1.29, 1.82) is 0 Å². The third-order valence-corrected chi connectivity index (χ3v) is 2.95. The Kier molecular flexibility index (Phi) is 4.04. The summed E-state index contributed by atoms with van der Waals surface area (Å²) < 4.78 is 10.6. The van der Waals surface area contributed by atoms with Gasteiger partial charge in [-0.25, -0.2) is 0 Å². The van der Waals surface area contributed by atoms with E-state index in [4.69, 9.17) is 15.2 Å². The van der Waals surface area contributed by atoms with E-state index in [0.717, 1.165) is 19.3 Å². The zero-order chi connectivity index (χ0) is 13.0. The van der Waals surface area contributed by atoms with Gasteiger partial charge < -0.3 is 20.5 Å². The maximum absolute atomic E-state index is 12.0. The van der Waals surface area contributed by atoms with E-state index in [0.29, 0.717) is 23.7 Å². The fourth-order valence-corrected chi connectivity index (χ4v) is 1.98. The second-order valence-corrected chi connectivity index (χ2v) is 4.30. The number of carbonyl (C=O) groups excluding carboxylic acids is 1. The summed E-state index contributed by atoms with van der Waals surface area (Å²) in [5, 5.41) is 2.80. The Balaban J connectivity index is 2.07. The molecule has 5 nitrogen and oxygen atoms in total. The molecule has 18 heavy (non-hydrogen) atoms. The molecule has 2 rings (SSSR count). The molecular weight excluding hydrogens is 232 g/mol. The van der Waals surface area contributed by atoms with Crippen LogP contribution in [0.3, 0.4) is 0 Å². The molecule has 0 saturated carbocycles. The molecule has 3 N–H and O–H groups in total. The zero-order valence-electron chi connectivity index (χ0n) is 10.4. The summed E-state index contributed by atoms with van der Waals surface area (Å²) in [6, 6.07) is 5.14. The van der Waals surface area contributed by atoms with Crippen molar-refractivity contribution in [2.45, 2.75) is 25.4 Å². The van der Waals surface area contributed by atoms with Gasteiger partial charge in [0.2, 0.25) is 0 Å². The molecule has 1 aromatic carbocycles. The minimum Gasteiger partial charge on any atom is -0.495 e. The molecule has 1 fully saturated rings. The monoisotopic (exact) mass is 250 g/mol. The third kappa shape index (κ3) is 2.92. The van der Waals surface area contributed by atoms with Crippen LogP contribution < -0.4 is 15.8 Å². The number of ether oxygens (including phenoxy) is 2. The van der Waals surface area contributed by atoms with E-state index in [9.17, 15) is 4.79 Å². The van der Waals surface area contributed by atoms with Gasteiger partial charge in [0, 0.05) is 12.3 Å². The van der Waals surface area contributed by atoms with Crippen LogP contribution >= 0.6 is 0 Å². The summed E-state index contributed by atoms with van der Waals surface area (Å²) in [5.41, 5.74) is 6.86. The number of carbonyl (C=O) groups is 1. The minimum absolute atomic E-state index is 0.140. The van der Waals surface area contributed by atoms with Crippen LogP contribution in [0.4, 0.5) is 11.4 Å². The van der Waals surface area contributed by atoms with Gasteiger partial charge in [-0.15, -0.1) is 0 Å². The summed E-state index contributed by atoms with van der Waals surface area (Å²) in [7, 11) is 1.55. The highest BCUT2D eigenvalue weighted by Gasteiger charge is 2.22. The highest BCUT2D eigenvalue weighted by atomic mass is 16.5. The lowest BCUT2D eigenvalue weighted by Gasteiger charge is -2.22. The van der Waals surface area contributed by atoms with Crippen LogP contribution in [0.15, 0.2) is 18.2 Å². The van der Waals surface area contributed by atoms with Crippen LogP contribution in [0.2, 0.25) is 0 Å². The number of amides is 1. The van der Waals surface area contributed by atoms with Crippen molar-refractivity contribution in [3.05, 3.63) is 18.2 Å². The van der Waals surface area contributed by atoms with Gasteiger partial charge in [0.25, 0.3) is 5.91 Å². The van der Waals surface area contributed by atoms with E-state index in [2.05, 4.69) is 5.32 Å². The number of hydrogen-bond acceptors (Lipinski definition) is 4. The van der Waals surface area contributed by atoms with Gasteiger partial charge in [-0.1, -0.05) is 0 Å². The van der Waals surface area contributed by atoms with Crippen LogP contribution in [0.1, 0.15) is 19.3 Å². The van der Waals surface area contributed by atoms with Crippen molar-refractivity contribution >= 4 is 17.3 Å². The Morgan fingerprint density at radius 3 is 3.00 bits per heavy atom. The van der Waals surface area contributed by atoms with Gasteiger partial charge in [-0.2, -0.15) is 0 Å². The van der Waals surface area contributed by atoms with E-state index >= 15 is 0 Å². The van der Waals surface area contributed by atoms with E-state index in [1.807, 2.05) is 0 Å². The Morgan fingerprint density at radius 1 is 1.50 bits per heavy atom. The summed E-state index contributed by atoms with van der Waals surface area (Å²) in [4.78, 5) is 12.0. The van der Waals surface area contributed by atoms with Crippen LogP contribution in [-0.2, 0) is 9.53 Å². The molecule has 1 amide bonds. The van der Waals surface area contributed by atoms with Crippen molar-refractivity contribution in [2.75, 3.05) is 24.8 Å². The van der Waals surface area contributed by atoms with Crippen LogP contribution in [-0.4, -0.2) is 25.7 Å². The second-order valence-electron chi connectivity index (χ2n) is 4.30. The quantitative estimate of drug-likeness (QED) is 0.802. The molecule has 98 valence electrons. The smallest absolute Gasteiger partial charge is 0.253 e. The molecule has 0 aromatic heterocycles. The van der Waals surface area contributed by atoms with Crippen molar-refractivity contribution in [2.24, 2.45) is 0 Å². The first-order valence-electron chi connectivity index (χ1n) is 6.06. The largest absolute Gasteiger partial charge is 0.495 e. The zero-order valence-corrected chi connectivity index (χ0v) is 10.4. The fourth-order valence-electron chi connectivity index (χ4n) is 1.98. The van der Waals surface area contributed by atoms with Gasteiger partial charge in [0.05, 0.1) is 12.8 Å². The number of nitrogens with one attached hydrogen (secondary N) is 1. The average molecular weight is 250 g/mol. The molecule has 1 unspecified atom stereocenters. The molecule has 1 aromatic rings. The molecule has 1 aliphatic heterocycles. The van der Waals surface area contributed by atoms with Crippen molar-refractivity contribution in [3.8, 4) is 5.75 Å². The first kappa shape index (κ1) is 12.7. The van der Waals surface area contributed by atoms with Crippen LogP contribution in [0.25, 0.3) is 0 Å². The predicted molar refractivity (Wildman–Crippen MR) is 69.6 cm³/mol. The van der Waals surface area contributed by atoms with Gasteiger partial charge in [0.15, 0.2) is 0 Å². The average Bonchev–Trinajstić information content (AvgIpc) is 2.40. The predicted octanol–water partition coefficient (Wildman–Crippen LogP) is 1.78. The Labute approximate surface area is 106 Å². The van der Waals surface area contributed by atoms with Crippen LogP contribution in [0, 0.1) is 0 Å². The Morgan fingerprint density at radius 2 is 2.33 bits per heavy atom. The summed E-state index contributed by atoms with van der Waals surface area (Å²) >= 11 is 0. The molecule has 0 aliphatic carbocycles. The number of rotatable bonds is 3. The number of methoxy groups -OCH3 is 1. The Hall–Kier alpha value is -1.75. The Bertz CT molecular complexity index is 428. The molecule has 1 aliphatic rings. The van der Waals surface area contributed by atoms with Crippen molar-refractivity contribution in [1.82, 2.24) is 0 Å². The van der Waals surface area contributed by atoms with E-state index in [1.54, 1.807) is 25.3 Å². The van der Waals surface area contributed by atoms with Gasteiger partial charge in [-0.05, 0) is 37.5 Å². The third-order valence-electron chi connectivity index (χ3n) is 2.95. The molecule has 0 bridgehead atoms. The van der Waals surface area contributed by atoms with Gasteiger partial charge in [0.1, 0.15) is 11.9 Å². The van der Waals surface area contributed by atoms with Gasteiger partial charge >= 0.3 is 0 Å². The first-order valence-corrected chi connectivity index (χ1v) is 6.06. The number of anilines is 2. The van der Waals surface area contributed by atoms with Gasteiger partial charge in [-0.3, -0.25) is 4.79 Å². The van der Waals surface area contributed by atoms with E-state index in [1.165, 1.54) is 0 Å². The van der Waals surface area contributed by atoms with Crippen LogP contribution in [0.5, 0.6) is 5.75 Å². The summed E-state index contributed by atoms with van der Waals surface area (Å²) in [5.74, 6) is 0.451. The fraction of sp³-hybridized carbons (Fsp3) is 0.462. The lowest BCUT2D eigenvalue weighted by molar-refractivity contribution is -0.129. The molecule has 1 saturated heterocycles. The molecule has 5 heteroatoms. The van der Waals surface area contributed by atoms with Crippen molar-refractivity contribution in [3.63, 3.8) is 0 Å². The molecule has 1 heterocycles. The second kappa shape index (κ2) is 5.73. The van der Waals surface area contributed by atoms with E-state index in [-0.39, 0.29) is 12.0 Å². The number of nitrogen functional groups attached to an aromatic ring is 1. The standard InChI is InChI=1S/C13H18N2O3/c1-17-11-6-5-9(14)8-10(11)15-13(16)12-4-2-3-7-18-12/h5-6,8,12H,2-4,7,14H2,1H3,(H,15,16). The molecule has 0 radical (unpaired) electrons. The molecule has 1 atom stereocenters. The topological polar surface area (TPSA) is 73.6 Å². The highest BCUT2D eigenvalue weighted by Crippen LogP contribution is 2.27. The number of nitrogens with two attached hydrogens (primary N) is 1. The maximum atomic E-state index is 12.0.